The van der Waals surface area contributed by atoms with E-state index in [1.165, 1.54) is 11.3 Å². The zero-order valence-corrected chi connectivity index (χ0v) is 14.4. The third-order valence-corrected chi connectivity index (χ3v) is 3.92. The summed E-state index contributed by atoms with van der Waals surface area (Å²) in [6, 6.07) is 4.25. The summed E-state index contributed by atoms with van der Waals surface area (Å²) in [6.07, 6.45) is 3.72. The molecule has 0 amide bonds. The molecule has 0 aromatic carbocycles. The summed E-state index contributed by atoms with van der Waals surface area (Å²) < 4.78 is 5.57. The first kappa shape index (κ1) is 16.7. The molecule has 2 N–H and O–H groups in total. The predicted molar refractivity (Wildman–Crippen MR) is 91.8 cm³/mol. The number of rotatable bonds is 5. The van der Waals surface area contributed by atoms with Crippen LogP contribution in [-0.2, 0) is 11.2 Å². The van der Waals surface area contributed by atoms with Crippen LogP contribution in [-0.4, -0.2) is 38.8 Å². The van der Waals surface area contributed by atoms with Crippen LogP contribution >= 0.6 is 35.3 Å². The van der Waals surface area contributed by atoms with Gasteiger partial charge >= 0.3 is 0 Å². The van der Waals surface area contributed by atoms with E-state index in [2.05, 4.69) is 33.1 Å². The lowest BCUT2D eigenvalue weighted by Gasteiger charge is -2.14. The first-order valence-corrected chi connectivity index (χ1v) is 7.35. The van der Waals surface area contributed by atoms with Gasteiger partial charge in [-0.25, -0.2) is 0 Å². The number of hydrogen-bond acceptors (Lipinski definition) is 3. The maximum absolute atomic E-state index is 5.57. The first-order chi connectivity index (χ1) is 8.88. The quantitative estimate of drug-likeness (QED) is 0.457. The fourth-order valence-corrected chi connectivity index (χ4v) is 2.70. The molecule has 4 nitrogen and oxygen atoms in total. The van der Waals surface area contributed by atoms with E-state index in [4.69, 9.17) is 4.74 Å². The number of nitrogens with one attached hydrogen (secondary N) is 2. The fraction of sp³-hybridized carbons (Fsp3) is 0.615. The van der Waals surface area contributed by atoms with Crippen LogP contribution in [0.15, 0.2) is 22.5 Å². The van der Waals surface area contributed by atoms with Gasteiger partial charge in [0.1, 0.15) is 0 Å². The van der Waals surface area contributed by atoms with E-state index in [0.717, 1.165) is 38.5 Å². The third kappa shape index (κ3) is 6.09. The van der Waals surface area contributed by atoms with Gasteiger partial charge < -0.3 is 15.4 Å². The Morgan fingerprint density at radius 3 is 3.05 bits per heavy atom. The Labute approximate surface area is 136 Å². The van der Waals surface area contributed by atoms with Gasteiger partial charge in [0.2, 0.25) is 0 Å². The standard InChI is InChI=1S/C13H21N3OS.HI/c1-14-13(16-10-11-4-2-8-17-11)15-7-6-12-5-3-9-18-12;/h3,5,9,11H,2,4,6-8,10H2,1H3,(H2,14,15,16);1H. The molecule has 6 heteroatoms. The molecule has 1 atom stereocenters. The average Bonchev–Trinajstić information content (AvgIpc) is 3.06. The molecule has 1 unspecified atom stereocenters. The second-order valence-corrected chi connectivity index (χ2v) is 5.38. The van der Waals surface area contributed by atoms with E-state index >= 15 is 0 Å². The molecule has 0 spiro atoms. The molecule has 19 heavy (non-hydrogen) atoms. The van der Waals surface area contributed by atoms with Gasteiger partial charge in [-0.15, -0.1) is 35.3 Å². The molecule has 1 saturated heterocycles. The Morgan fingerprint density at radius 2 is 2.42 bits per heavy atom. The highest BCUT2D eigenvalue weighted by Gasteiger charge is 2.15. The zero-order chi connectivity index (χ0) is 12.6. The summed E-state index contributed by atoms with van der Waals surface area (Å²) in [5, 5.41) is 8.74. The molecule has 1 aliphatic heterocycles. The van der Waals surface area contributed by atoms with E-state index in [0.29, 0.717) is 6.10 Å². The van der Waals surface area contributed by atoms with E-state index < -0.39 is 0 Å². The largest absolute Gasteiger partial charge is 0.376 e. The van der Waals surface area contributed by atoms with E-state index in [-0.39, 0.29) is 24.0 Å². The van der Waals surface area contributed by atoms with E-state index in [1.54, 1.807) is 18.4 Å². The van der Waals surface area contributed by atoms with Crippen LogP contribution in [0.4, 0.5) is 0 Å². The molecular weight excluding hydrogens is 373 g/mol. The summed E-state index contributed by atoms with van der Waals surface area (Å²) in [5.41, 5.74) is 0. The number of hydrogen-bond donors (Lipinski definition) is 2. The molecule has 1 aromatic heterocycles. The van der Waals surface area contributed by atoms with Gasteiger partial charge in [0.05, 0.1) is 6.10 Å². The monoisotopic (exact) mass is 395 g/mol. The van der Waals surface area contributed by atoms with Crippen LogP contribution in [0.2, 0.25) is 0 Å². The number of thiophene rings is 1. The lowest BCUT2D eigenvalue weighted by molar-refractivity contribution is 0.114. The lowest BCUT2D eigenvalue weighted by atomic mass is 10.2. The highest BCUT2D eigenvalue weighted by atomic mass is 127. The number of halogens is 1. The Balaban J connectivity index is 0.00000180. The van der Waals surface area contributed by atoms with Crippen molar-refractivity contribution in [1.29, 1.82) is 0 Å². The summed E-state index contributed by atoms with van der Waals surface area (Å²) in [4.78, 5) is 5.61. The van der Waals surface area contributed by atoms with Gasteiger partial charge in [0, 0.05) is 31.6 Å². The third-order valence-electron chi connectivity index (χ3n) is 2.99. The van der Waals surface area contributed by atoms with Crippen LogP contribution < -0.4 is 10.6 Å². The van der Waals surface area contributed by atoms with Crippen LogP contribution in [0.5, 0.6) is 0 Å². The first-order valence-electron chi connectivity index (χ1n) is 6.47. The van der Waals surface area contributed by atoms with Crippen molar-refractivity contribution in [3.05, 3.63) is 22.4 Å². The SMILES string of the molecule is CN=C(NCCc1cccs1)NCC1CCCO1.I. The molecular formula is C13H22IN3OS. The second-order valence-electron chi connectivity index (χ2n) is 4.34. The summed E-state index contributed by atoms with van der Waals surface area (Å²) in [7, 11) is 1.80. The van der Waals surface area contributed by atoms with Crippen molar-refractivity contribution < 1.29 is 4.74 Å². The molecule has 0 bridgehead atoms. The minimum atomic E-state index is 0. The molecule has 1 fully saturated rings. The molecule has 108 valence electrons. The van der Waals surface area contributed by atoms with Crippen LogP contribution in [0.3, 0.4) is 0 Å². The normalized spacial score (nSPS) is 19.0. The lowest BCUT2D eigenvalue weighted by Crippen LogP contribution is -2.41. The van der Waals surface area contributed by atoms with Gasteiger partial charge in [-0.2, -0.15) is 0 Å². The number of nitrogens with zero attached hydrogens (tertiary/aromatic N) is 1. The Hall–Kier alpha value is -0.340. The predicted octanol–water partition coefficient (Wildman–Crippen LogP) is 2.25. The van der Waals surface area contributed by atoms with Crippen LogP contribution in [0, 0.1) is 0 Å². The minimum Gasteiger partial charge on any atom is -0.376 e. The van der Waals surface area contributed by atoms with Crippen molar-refractivity contribution in [3.8, 4) is 0 Å². The Bertz CT molecular complexity index is 364. The molecule has 0 saturated carbocycles. The van der Waals surface area contributed by atoms with Gasteiger partial charge in [-0.05, 0) is 30.7 Å². The number of ether oxygens (including phenoxy) is 1. The van der Waals surface area contributed by atoms with Crippen molar-refractivity contribution >= 4 is 41.3 Å². The van der Waals surface area contributed by atoms with Gasteiger partial charge in [-0.3, -0.25) is 4.99 Å². The average molecular weight is 395 g/mol. The smallest absolute Gasteiger partial charge is 0.191 e. The van der Waals surface area contributed by atoms with Crippen molar-refractivity contribution in [2.75, 3.05) is 26.7 Å². The molecule has 1 aliphatic rings. The Kier molecular flexibility index (Phi) is 8.40. The number of guanidine groups is 1. The highest BCUT2D eigenvalue weighted by Crippen LogP contribution is 2.10. The van der Waals surface area contributed by atoms with Crippen molar-refractivity contribution in [2.45, 2.75) is 25.4 Å². The summed E-state index contributed by atoms with van der Waals surface area (Å²) in [5.74, 6) is 0.863. The molecule has 2 heterocycles. The van der Waals surface area contributed by atoms with Gasteiger partial charge in [-0.1, -0.05) is 6.07 Å². The van der Waals surface area contributed by atoms with Crippen molar-refractivity contribution in [3.63, 3.8) is 0 Å². The second kappa shape index (κ2) is 9.55. The minimum absolute atomic E-state index is 0. The highest BCUT2D eigenvalue weighted by molar-refractivity contribution is 14.0. The Morgan fingerprint density at radius 1 is 1.53 bits per heavy atom. The molecule has 2 rings (SSSR count). The van der Waals surface area contributed by atoms with Crippen molar-refractivity contribution in [1.82, 2.24) is 10.6 Å². The zero-order valence-electron chi connectivity index (χ0n) is 11.2. The van der Waals surface area contributed by atoms with Crippen LogP contribution in [0.1, 0.15) is 17.7 Å². The summed E-state index contributed by atoms with van der Waals surface area (Å²) >= 11 is 1.80. The van der Waals surface area contributed by atoms with Gasteiger partial charge in [0.15, 0.2) is 5.96 Å². The summed E-state index contributed by atoms with van der Waals surface area (Å²) in [6.45, 7) is 2.65. The van der Waals surface area contributed by atoms with Crippen LogP contribution in [0.25, 0.3) is 0 Å². The van der Waals surface area contributed by atoms with E-state index in [9.17, 15) is 0 Å². The topological polar surface area (TPSA) is 45.7 Å². The number of aliphatic imine (C=N–C) groups is 1. The van der Waals surface area contributed by atoms with Crippen molar-refractivity contribution in [2.24, 2.45) is 4.99 Å². The van der Waals surface area contributed by atoms with Gasteiger partial charge in [0.25, 0.3) is 0 Å². The molecule has 0 aliphatic carbocycles. The fourth-order valence-electron chi connectivity index (χ4n) is 2.00. The maximum atomic E-state index is 5.57. The maximum Gasteiger partial charge on any atom is 0.191 e. The van der Waals surface area contributed by atoms with E-state index in [1.807, 2.05) is 0 Å². The molecule has 1 aromatic rings. The molecule has 0 radical (unpaired) electrons.